The molecule has 2 rings (SSSR count). The Hall–Kier alpha value is -1.38. The molecule has 0 radical (unpaired) electrons. The number of nitrogens with one attached hydrogen (secondary N) is 1. The normalized spacial score (nSPS) is 13.2. The number of rotatable bonds is 5. The molecule has 0 bridgehead atoms. The monoisotopic (exact) mass is 297 g/mol. The van der Waals surface area contributed by atoms with E-state index in [1.54, 1.807) is 0 Å². The third kappa shape index (κ3) is 4.29. The first-order valence-electron chi connectivity index (χ1n) is 7.76. The van der Waals surface area contributed by atoms with Gasteiger partial charge in [-0.3, -0.25) is 0 Å². The van der Waals surface area contributed by atoms with Gasteiger partial charge >= 0.3 is 0 Å². The molecule has 2 aromatic carbocycles. The molecule has 1 atom stereocenters. The van der Waals surface area contributed by atoms with E-state index in [1.165, 1.54) is 21.9 Å². The van der Waals surface area contributed by atoms with Crippen LogP contribution in [0.5, 0.6) is 0 Å². The molecule has 0 aliphatic rings. The van der Waals surface area contributed by atoms with Gasteiger partial charge in [0, 0.05) is 12.6 Å². The van der Waals surface area contributed by atoms with Gasteiger partial charge in [0.15, 0.2) is 0 Å². The van der Waals surface area contributed by atoms with Crippen molar-refractivity contribution < 1.29 is 0 Å². The second kappa shape index (κ2) is 6.59. The zero-order valence-electron chi connectivity index (χ0n) is 13.9. The molecule has 1 nitrogen and oxygen atoms in total. The summed E-state index contributed by atoms with van der Waals surface area (Å²) in [5, 5.41) is 5.15. The molecular weight excluding hydrogens is 270 g/mol. The molecule has 0 saturated carbocycles. The second-order valence-corrected chi connectivity index (χ2v) is 12.0. The molecular formula is C19H27NSi. The molecule has 0 aromatic heterocycles. The van der Waals surface area contributed by atoms with Crippen LogP contribution in [0.2, 0.25) is 19.6 Å². The summed E-state index contributed by atoms with van der Waals surface area (Å²) in [6.45, 7) is 12.5. The van der Waals surface area contributed by atoms with Crippen molar-refractivity contribution in [3.63, 3.8) is 0 Å². The van der Waals surface area contributed by atoms with Gasteiger partial charge in [0.25, 0.3) is 0 Å². The van der Waals surface area contributed by atoms with Gasteiger partial charge in [0.1, 0.15) is 0 Å². The maximum Gasteiger partial charge on any atom is 0.0775 e. The van der Waals surface area contributed by atoms with Crippen molar-refractivity contribution in [3.05, 3.63) is 65.2 Å². The van der Waals surface area contributed by atoms with E-state index in [2.05, 4.69) is 87.3 Å². The van der Waals surface area contributed by atoms with Crippen LogP contribution >= 0.6 is 0 Å². The SMILES string of the molecule is Cc1ccccc1[C@H](C)NCc1ccc([Si](C)(C)C)cc1. The highest BCUT2D eigenvalue weighted by Gasteiger charge is 2.15. The molecule has 0 saturated heterocycles. The van der Waals surface area contributed by atoms with Crippen molar-refractivity contribution >= 4 is 13.3 Å². The van der Waals surface area contributed by atoms with Crippen LogP contribution in [0, 0.1) is 6.92 Å². The molecule has 0 aliphatic carbocycles. The number of hydrogen-bond donors (Lipinski definition) is 1. The van der Waals surface area contributed by atoms with Gasteiger partial charge in [0.2, 0.25) is 0 Å². The first kappa shape index (κ1) is 16.0. The maximum absolute atomic E-state index is 3.63. The Bertz CT molecular complexity index is 581. The lowest BCUT2D eigenvalue weighted by molar-refractivity contribution is 0.572. The van der Waals surface area contributed by atoms with Crippen LogP contribution in [-0.2, 0) is 6.54 Å². The summed E-state index contributed by atoms with van der Waals surface area (Å²) in [6.07, 6.45) is 0. The summed E-state index contributed by atoms with van der Waals surface area (Å²) in [4.78, 5) is 0. The van der Waals surface area contributed by atoms with E-state index < -0.39 is 8.07 Å². The molecule has 0 amide bonds. The summed E-state index contributed by atoms with van der Waals surface area (Å²) in [5.41, 5.74) is 4.10. The Morgan fingerprint density at radius 2 is 1.57 bits per heavy atom. The standard InChI is InChI=1S/C19H27NSi/c1-15-8-6-7-9-19(15)16(2)20-14-17-10-12-18(13-11-17)21(3,4)5/h6-13,16,20H,14H2,1-5H3/t16-/m0/s1. The molecule has 0 heterocycles. The van der Waals surface area contributed by atoms with Crippen LogP contribution < -0.4 is 10.5 Å². The summed E-state index contributed by atoms with van der Waals surface area (Å²) < 4.78 is 0. The smallest absolute Gasteiger partial charge is 0.0775 e. The predicted octanol–water partition coefficient (Wildman–Crippen LogP) is 4.39. The van der Waals surface area contributed by atoms with Crippen molar-refractivity contribution in [2.24, 2.45) is 0 Å². The van der Waals surface area contributed by atoms with E-state index in [4.69, 9.17) is 0 Å². The fourth-order valence-corrected chi connectivity index (χ4v) is 3.74. The lowest BCUT2D eigenvalue weighted by Crippen LogP contribution is -2.37. The zero-order valence-corrected chi connectivity index (χ0v) is 14.9. The van der Waals surface area contributed by atoms with Crippen molar-refractivity contribution in [2.45, 2.75) is 46.1 Å². The van der Waals surface area contributed by atoms with Crippen molar-refractivity contribution in [1.29, 1.82) is 0 Å². The highest BCUT2D eigenvalue weighted by molar-refractivity contribution is 6.88. The fourth-order valence-electron chi connectivity index (χ4n) is 2.58. The topological polar surface area (TPSA) is 12.0 Å². The highest BCUT2D eigenvalue weighted by atomic mass is 28.3. The van der Waals surface area contributed by atoms with E-state index in [0.717, 1.165) is 6.54 Å². The molecule has 0 unspecified atom stereocenters. The van der Waals surface area contributed by atoms with Gasteiger partial charge in [-0.25, -0.2) is 0 Å². The van der Waals surface area contributed by atoms with Gasteiger partial charge in [-0.15, -0.1) is 0 Å². The van der Waals surface area contributed by atoms with E-state index in [1.807, 2.05) is 0 Å². The zero-order chi connectivity index (χ0) is 15.5. The van der Waals surface area contributed by atoms with Crippen molar-refractivity contribution in [1.82, 2.24) is 5.32 Å². The second-order valence-electron chi connectivity index (χ2n) is 6.91. The van der Waals surface area contributed by atoms with E-state index in [9.17, 15) is 0 Å². The average molecular weight is 298 g/mol. The summed E-state index contributed by atoms with van der Waals surface area (Å²) >= 11 is 0. The van der Waals surface area contributed by atoms with Crippen LogP contribution in [0.25, 0.3) is 0 Å². The lowest BCUT2D eigenvalue weighted by atomic mass is 10.0. The van der Waals surface area contributed by atoms with Gasteiger partial charge < -0.3 is 5.32 Å². The molecule has 2 aromatic rings. The molecule has 21 heavy (non-hydrogen) atoms. The Morgan fingerprint density at radius 1 is 0.952 bits per heavy atom. The lowest BCUT2D eigenvalue weighted by Gasteiger charge is -2.18. The van der Waals surface area contributed by atoms with Crippen LogP contribution in [0.4, 0.5) is 0 Å². The maximum atomic E-state index is 3.63. The van der Waals surface area contributed by atoms with Crippen LogP contribution in [0.15, 0.2) is 48.5 Å². The molecule has 112 valence electrons. The van der Waals surface area contributed by atoms with Crippen molar-refractivity contribution in [3.8, 4) is 0 Å². The largest absolute Gasteiger partial charge is 0.306 e. The Morgan fingerprint density at radius 3 is 2.14 bits per heavy atom. The molecule has 2 heteroatoms. The Balaban J connectivity index is 1.99. The number of hydrogen-bond acceptors (Lipinski definition) is 1. The van der Waals surface area contributed by atoms with Crippen LogP contribution in [0.3, 0.4) is 0 Å². The first-order chi connectivity index (χ1) is 9.88. The molecule has 0 aliphatic heterocycles. The van der Waals surface area contributed by atoms with Gasteiger partial charge in [-0.1, -0.05) is 73.4 Å². The Labute approximate surface area is 130 Å². The van der Waals surface area contributed by atoms with E-state index >= 15 is 0 Å². The number of benzene rings is 2. The molecule has 1 N–H and O–H groups in total. The summed E-state index contributed by atoms with van der Waals surface area (Å²) in [5.74, 6) is 0. The van der Waals surface area contributed by atoms with Crippen LogP contribution in [-0.4, -0.2) is 8.07 Å². The molecule has 0 fully saturated rings. The van der Waals surface area contributed by atoms with Gasteiger partial charge in [0.05, 0.1) is 8.07 Å². The summed E-state index contributed by atoms with van der Waals surface area (Å²) in [7, 11) is -1.18. The minimum Gasteiger partial charge on any atom is -0.306 e. The third-order valence-corrected chi connectivity index (χ3v) is 6.15. The minimum atomic E-state index is -1.18. The highest BCUT2D eigenvalue weighted by Crippen LogP contribution is 2.17. The molecule has 0 spiro atoms. The quantitative estimate of drug-likeness (QED) is 0.807. The third-order valence-electron chi connectivity index (χ3n) is 4.09. The number of aryl methyl sites for hydroxylation is 1. The predicted molar refractivity (Wildman–Crippen MR) is 95.9 cm³/mol. The first-order valence-corrected chi connectivity index (χ1v) is 11.3. The van der Waals surface area contributed by atoms with Gasteiger partial charge in [-0.2, -0.15) is 0 Å². The van der Waals surface area contributed by atoms with Crippen LogP contribution in [0.1, 0.15) is 29.7 Å². The van der Waals surface area contributed by atoms with E-state index in [-0.39, 0.29) is 0 Å². The fraction of sp³-hybridized carbons (Fsp3) is 0.368. The van der Waals surface area contributed by atoms with E-state index in [0.29, 0.717) is 6.04 Å². The summed E-state index contributed by atoms with van der Waals surface area (Å²) in [6, 6.07) is 18.1. The van der Waals surface area contributed by atoms with Crippen molar-refractivity contribution in [2.75, 3.05) is 0 Å². The minimum absolute atomic E-state index is 0.378. The average Bonchev–Trinajstić information content (AvgIpc) is 2.45. The van der Waals surface area contributed by atoms with Gasteiger partial charge in [-0.05, 0) is 30.5 Å². The Kier molecular flexibility index (Phi) is 5.02.